The van der Waals surface area contributed by atoms with Crippen LogP contribution >= 0.6 is 11.6 Å². The fourth-order valence-corrected chi connectivity index (χ4v) is 3.95. The molecule has 6 heteroatoms. The second kappa shape index (κ2) is 6.65. The Labute approximate surface area is 156 Å². The second-order valence-electron chi connectivity index (χ2n) is 6.80. The summed E-state index contributed by atoms with van der Waals surface area (Å²) in [6, 6.07) is 13.2. The maximum Gasteiger partial charge on any atom is 0.326 e. The van der Waals surface area contributed by atoms with Crippen LogP contribution in [0.15, 0.2) is 47.3 Å². The van der Waals surface area contributed by atoms with E-state index in [4.69, 9.17) is 11.6 Å². The van der Waals surface area contributed by atoms with Crippen molar-refractivity contribution in [1.29, 1.82) is 0 Å². The highest BCUT2D eigenvalue weighted by molar-refractivity contribution is 6.31. The Hall–Kier alpha value is -2.53. The Bertz CT molecular complexity index is 1030. The number of benzene rings is 2. The highest BCUT2D eigenvalue weighted by atomic mass is 35.5. The van der Waals surface area contributed by atoms with Crippen LogP contribution in [-0.2, 0) is 0 Å². The number of carbonyl (C=O) groups excluding carboxylic acids is 1. The molecule has 0 bridgehead atoms. The number of aromatic amines is 1. The van der Waals surface area contributed by atoms with E-state index in [-0.39, 0.29) is 17.6 Å². The number of nitrogens with one attached hydrogen (secondary N) is 1. The molecule has 0 radical (unpaired) electrons. The molecule has 1 saturated heterocycles. The summed E-state index contributed by atoms with van der Waals surface area (Å²) in [5.41, 5.74) is 3.24. The summed E-state index contributed by atoms with van der Waals surface area (Å²) in [5.74, 6) is 0.0691. The van der Waals surface area contributed by atoms with Crippen molar-refractivity contribution in [3.63, 3.8) is 0 Å². The smallest absolute Gasteiger partial charge is 0.326 e. The van der Waals surface area contributed by atoms with Crippen molar-refractivity contribution in [2.45, 2.75) is 25.8 Å². The average Bonchev–Trinajstić information content (AvgIpc) is 2.96. The van der Waals surface area contributed by atoms with E-state index in [9.17, 15) is 9.59 Å². The van der Waals surface area contributed by atoms with Crippen LogP contribution in [0.4, 0.5) is 0 Å². The fourth-order valence-electron chi connectivity index (χ4n) is 3.78. The molecule has 134 valence electrons. The van der Waals surface area contributed by atoms with E-state index in [0.717, 1.165) is 35.0 Å². The molecule has 0 saturated carbocycles. The van der Waals surface area contributed by atoms with E-state index in [0.29, 0.717) is 18.1 Å². The van der Waals surface area contributed by atoms with Crippen LogP contribution in [0.5, 0.6) is 0 Å². The molecule has 26 heavy (non-hydrogen) atoms. The third kappa shape index (κ3) is 2.92. The number of H-pyrrole nitrogens is 1. The summed E-state index contributed by atoms with van der Waals surface area (Å²) in [6.45, 7) is 3.24. The van der Waals surface area contributed by atoms with Crippen LogP contribution in [0.2, 0.25) is 5.02 Å². The van der Waals surface area contributed by atoms with Gasteiger partial charge in [0.25, 0.3) is 5.91 Å². The molecule has 0 aliphatic carbocycles. The number of aryl methyl sites for hydroxylation is 1. The average molecular weight is 370 g/mol. The Morgan fingerprint density at radius 3 is 2.62 bits per heavy atom. The van der Waals surface area contributed by atoms with Gasteiger partial charge in [0.1, 0.15) is 0 Å². The van der Waals surface area contributed by atoms with Crippen LogP contribution in [0.3, 0.4) is 0 Å². The first-order valence-corrected chi connectivity index (χ1v) is 9.17. The van der Waals surface area contributed by atoms with Gasteiger partial charge >= 0.3 is 5.69 Å². The van der Waals surface area contributed by atoms with Crippen molar-refractivity contribution in [2.75, 3.05) is 13.1 Å². The molecule has 2 aromatic carbocycles. The van der Waals surface area contributed by atoms with E-state index >= 15 is 0 Å². The fraction of sp³-hybridized carbons (Fsp3) is 0.300. The lowest BCUT2D eigenvalue weighted by Crippen LogP contribution is -2.40. The number of likely N-dealkylation sites (tertiary alicyclic amines) is 1. The lowest BCUT2D eigenvalue weighted by molar-refractivity contribution is 0.0694. The summed E-state index contributed by atoms with van der Waals surface area (Å²) in [6.07, 6.45) is 1.51. The molecule has 2 heterocycles. The number of nitrogens with zero attached hydrogens (tertiary/aromatic N) is 2. The molecule has 1 amide bonds. The number of fused-ring (bicyclic) bond motifs is 1. The van der Waals surface area contributed by atoms with E-state index in [1.165, 1.54) is 0 Å². The number of halogens is 1. The molecule has 1 N–H and O–H groups in total. The predicted octanol–water partition coefficient (Wildman–Crippen LogP) is 3.77. The zero-order valence-corrected chi connectivity index (χ0v) is 15.3. The second-order valence-corrected chi connectivity index (χ2v) is 7.24. The van der Waals surface area contributed by atoms with Crippen molar-refractivity contribution in [3.05, 3.63) is 69.1 Å². The third-order valence-electron chi connectivity index (χ3n) is 5.17. The predicted molar refractivity (Wildman–Crippen MR) is 103 cm³/mol. The molecule has 1 aliphatic heterocycles. The molecule has 1 aliphatic rings. The molecule has 1 fully saturated rings. The number of imidazole rings is 1. The van der Waals surface area contributed by atoms with Gasteiger partial charge in [0.2, 0.25) is 0 Å². The van der Waals surface area contributed by atoms with Crippen molar-refractivity contribution in [2.24, 2.45) is 0 Å². The van der Waals surface area contributed by atoms with Crippen LogP contribution in [0, 0.1) is 6.92 Å². The summed E-state index contributed by atoms with van der Waals surface area (Å²) in [7, 11) is 0. The maximum atomic E-state index is 12.8. The minimum atomic E-state index is -0.119. The first kappa shape index (κ1) is 16.9. The molecule has 4 rings (SSSR count). The molecule has 0 unspecified atom stereocenters. The number of rotatable bonds is 2. The first-order valence-electron chi connectivity index (χ1n) is 8.79. The number of piperidine rings is 1. The van der Waals surface area contributed by atoms with Crippen LogP contribution in [0.1, 0.15) is 34.8 Å². The van der Waals surface area contributed by atoms with E-state index < -0.39 is 0 Å². The van der Waals surface area contributed by atoms with Gasteiger partial charge in [-0.25, -0.2) is 4.79 Å². The first-order chi connectivity index (χ1) is 12.5. The third-order valence-corrected chi connectivity index (χ3v) is 5.41. The molecule has 3 aromatic rings. The normalized spacial score (nSPS) is 15.5. The molecule has 0 spiro atoms. The highest BCUT2D eigenvalue weighted by Crippen LogP contribution is 2.27. The minimum absolute atomic E-state index is 0.0691. The molecule has 1 aromatic heterocycles. The van der Waals surface area contributed by atoms with E-state index in [1.807, 2.05) is 42.2 Å². The molecular weight excluding hydrogens is 350 g/mol. The SMILES string of the molecule is Cc1ccccc1C(=O)N1CCC(n2c(=O)[nH]c3cc(Cl)ccc32)CC1. The Morgan fingerprint density at radius 2 is 1.88 bits per heavy atom. The van der Waals surface area contributed by atoms with Gasteiger partial charge in [0.05, 0.1) is 11.0 Å². The Balaban J connectivity index is 1.54. The zero-order chi connectivity index (χ0) is 18.3. The van der Waals surface area contributed by atoms with Crippen LogP contribution in [-0.4, -0.2) is 33.4 Å². The summed E-state index contributed by atoms with van der Waals surface area (Å²) >= 11 is 6.02. The number of carbonyl (C=O) groups is 1. The van der Waals surface area contributed by atoms with E-state index in [2.05, 4.69) is 4.98 Å². The van der Waals surface area contributed by atoms with E-state index in [1.54, 1.807) is 16.7 Å². The minimum Gasteiger partial charge on any atom is -0.338 e. The monoisotopic (exact) mass is 369 g/mol. The highest BCUT2D eigenvalue weighted by Gasteiger charge is 2.27. The topological polar surface area (TPSA) is 58.1 Å². The van der Waals surface area contributed by atoms with Gasteiger partial charge in [-0.15, -0.1) is 0 Å². The maximum absolute atomic E-state index is 12.8. The number of hydrogen-bond donors (Lipinski definition) is 1. The van der Waals surface area contributed by atoms with Crippen molar-refractivity contribution >= 4 is 28.5 Å². The van der Waals surface area contributed by atoms with Crippen LogP contribution < -0.4 is 5.69 Å². The lowest BCUT2D eigenvalue weighted by Gasteiger charge is -2.33. The van der Waals surface area contributed by atoms with Crippen molar-refractivity contribution < 1.29 is 4.79 Å². The molecular formula is C20H20ClN3O2. The lowest BCUT2D eigenvalue weighted by atomic mass is 10.0. The van der Waals surface area contributed by atoms with Gasteiger partial charge in [-0.1, -0.05) is 29.8 Å². The van der Waals surface area contributed by atoms with Gasteiger partial charge < -0.3 is 9.88 Å². The number of aromatic nitrogens is 2. The quantitative estimate of drug-likeness (QED) is 0.747. The summed E-state index contributed by atoms with van der Waals surface area (Å²) in [4.78, 5) is 29.9. The molecule has 5 nitrogen and oxygen atoms in total. The number of hydrogen-bond acceptors (Lipinski definition) is 2. The Morgan fingerprint density at radius 1 is 1.15 bits per heavy atom. The summed E-state index contributed by atoms with van der Waals surface area (Å²) < 4.78 is 1.81. The van der Waals surface area contributed by atoms with Crippen molar-refractivity contribution in [1.82, 2.24) is 14.5 Å². The van der Waals surface area contributed by atoms with Gasteiger partial charge in [-0.2, -0.15) is 0 Å². The largest absolute Gasteiger partial charge is 0.338 e. The summed E-state index contributed by atoms with van der Waals surface area (Å²) in [5, 5.41) is 0.601. The molecule has 0 atom stereocenters. The van der Waals surface area contributed by atoms with Gasteiger partial charge in [-0.3, -0.25) is 9.36 Å². The van der Waals surface area contributed by atoms with Gasteiger partial charge in [-0.05, 0) is 49.6 Å². The van der Waals surface area contributed by atoms with Gasteiger partial charge in [0.15, 0.2) is 0 Å². The van der Waals surface area contributed by atoms with Crippen molar-refractivity contribution in [3.8, 4) is 0 Å². The number of amides is 1. The Kier molecular flexibility index (Phi) is 4.32. The zero-order valence-electron chi connectivity index (χ0n) is 14.5. The standard InChI is InChI=1S/C20H20ClN3O2/c1-13-4-2-3-5-16(13)19(25)23-10-8-15(9-11-23)24-18-7-6-14(21)12-17(18)22-20(24)26/h2-7,12,15H,8-11H2,1H3,(H,22,26). The van der Waals surface area contributed by atoms with Crippen LogP contribution in [0.25, 0.3) is 11.0 Å². The van der Waals surface area contributed by atoms with Gasteiger partial charge in [0, 0.05) is 29.7 Å².